The summed E-state index contributed by atoms with van der Waals surface area (Å²) in [6.45, 7) is 3.10. The number of hydrogen-bond donors (Lipinski definition) is 5. The Labute approximate surface area is 178 Å². The van der Waals surface area contributed by atoms with Gasteiger partial charge in [0, 0.05) is 17.7 Å². The molecule has 2 unspecified atom stereocenters. The van der Waals surface area contributed by atoms with E-state index in [1.807, 2.05) is 0 Å². The van der Waals surface area contributed by atoms with Crippen LogP contribution in [0, 0.1) is 18.8 Å². The third kappa shape index (κ3) is 3.18. The molecule has 4 rings (SSSR count). The Morgan fingerprint density at radius 3 is 2.42 bits per heavy atom. The van der Waals surface area contributed by atoms with Crippen LogP contribution in [0.25, 0.3) is 0 Å². The first kappa shape index (κ1) is 21.3. The summed E-state index contributed by atoms with van der Waals surface area (Å²) in [5.74, 6) is -2.92. The van der Waals surface area contributed by atoms with E-state index in [1.165, 1.54) is 24.3 Å². The molecule has 5 atom stereocenters. The molecule has 1 saturated carbocycles. The highest BCUT2D eigenvalue weighted by Crippen LogP contribution is 2.44. The van der Waals surface area contributed by atoms with E-state index in [-0.39, 0.29) is 58.6 Å². The van der Waals surface area contributed by atoms with E-state index in [0.29, 0.717) is 5.56 Å². The fraction of sp³-hybridized carbons (Fsp3) is 0.391. The number of ether oxygens (including phenoxy) is 1. The number of phenols is 2. The SMILES string of the molecule is Cc1cc2c(c(O)c1O[C@H]1CC(CO)[C@@H](C)C(O)[C@@H]1O)C(=O)c1c(O)cccc1C2=O. The van der Waals surface area contributed by atoms with Crippen LogP contribution in [0.15, 0.2) is 24.3 Å². The van der Waals surface area contributed by atoms with Gasteiger partial charge in [0.2, 0.25) is 5.78 Å². The maximum Gasteiger partial charge on any atom is 0.202 e. The van der Waals surface area contributed by atoms with Crippen molar-refractivity contribution in [2.75, 3.05) is 6.61 Å². The monoisotopic (exact) mass is 428 g/mol. The molecule has 8 nitrogen and oxygen atoms in total. The first-order chi connectivity index (χ1) is 14.7. The van der Waals surface area contributed by atoms with Gasteiger partial charge in [-0.05, 0) is 42.9 Å². The molecule has 2 aromatic rings. The van der Waals surface area contributed by atoms with Gasteiger partial charge in [-0.1, -0.05) is 19.1 Å². The predicted molar refractivity (Wildman–Crippen MR) is 109 cm³/mol. The van der Waals surface area contributed by atoms with Gasteiger partial charge in [-0.2, -0.15) is 0 Å². The molecule has 2 aliphatic rings. The molecular weight excluding hydrogens is 404 g/mol. The molecule has 0 spiro atoms. The van der Waals surface area contributed by atoms with Crippen LogP contribution in [0.1, 0.15) is 50.8 Å². The quantitative estimate of drug-likeness (QED) is 0.420. The number of fused-ring (bicyclic) bond motifs is 2. The fourth-order valence-electron chi connectivity index (χ4n) is 4.55. The van der Waals surface area contributed by atoms with Crippen LogP contribution < -0.4 is 4.74 Å². The molecule has 164 valence electrons. The highest BCUT2D eigenvalue weighted by molar-refractivity contribution is 6.30. The van der Waals surface area contributed by atoms with E-state index in [1.54, 1.807) is 13.8 Å². The lowest BCUT2D eigenvalue weighted by Crippen LogP contribution is -2.52. The van der Waals surface area contributed by atoms with Gasteiger partial charge in [0.05, 0.1) is 17.2 Å². The Morgan fingerprint density at radius 2 is 1.74 bits per heavy atom. The summed E-state index contributed by atoms with van der Waals surface area (Å²) < 4.78 is 5.85. The lowest BCUT2D eigenvalue weighted by Gasteiger charge is -2.41. The minimum absolute atomic E-state index is 0.00321. The molecule has 0 aliphatic heterocycles. The molecule has 0 bridgehead atoms. The van der Waals surface area contributed by atoms with Crippen LogP contribution in [0.4, 0.5) is 0 Å². The second-order valence-electron chi connectivity index (χ2n) is 8.33. The van der Waals surface area contributed by atoms with Crippen molar-refractivity contribution in [2.24, 2.45) is 11.8 Å². The lowest BCUT2D eigenvalue weighted by molar-refractivity contribution is -0.124. The molecule has 0 aromatic heterocycles. The predicted octanol–water partition coefficient (Wildman–Crippen LogP) is 1.30. The molecule has 5 N–H and O–H groups in total. The standard InChI is InChI=1S/C23H24O8/c1-9-6-13-17(21(29)16-12(19(13)27)4-3-5-14(16)25)22(30)23(9)31-15-7-11(8-24)10(2)18(26)20(15)28/h3-6,10-11,15,18,20,24-26,28,30H,7-8H2,1-2H3/t10-,11?,15+,18?,20-/m1/s1. The number of ketones is 2. The first-order valence-electron chi connectivity index (χ1n) is 10.1. The van der Waals surface area contributed by atoms with Crippen molar-refractivity contribution in [1.82, 2.24) is 0 Å². The summed E-state index contributed by atoms with van der Waals surface area (Å²) in [7, 11) is 0. The summed E-state index contributed by atoms with van der Waals surface area (Å²) >= 11 is 0. The maximum atomic E-state index is 13.1. The Hall–Kier alpha value is -2.94. The van der Waals surface area contributed by atoms with Gasteiger partial charge >= 0.3 is 0 Å². The van der Waals surface area contributed by atoms with E-state index in [4.69, 9.17) is 4.74 Å². The Morgan fingerprint density at radius 1 is 1.03 bits per heavy atom. The molecular formula is C23H24O8. The average molecular weight is 428 g/mol. The highest BCUT2D eigenvalue weighted by atomic mass is 16.5. The van der Waals surface area contributed by atoms with Gasteiger partial charge in [-0.3, -0.25) is 9.59 Å². The zero-order valence-corrected chi connectivity index (χ0v) is 17.1. The highest BCUT2D eigenvalue weighted by Gasteiger charge is 2.43. The second-order valence-corrected chi connectivity index (χ2v) is 8.33. The summed E-state index contributed by atoms with van der Waals surface area (Å²) in [6, 6.07) is 5.61. The normalized spacial score (nSPS) is 27.6. The van der Waals surface area contributed by atoms with Gasteiger partial charge in [0.1, 0.15) is 18.0 Å². The Balaban J connectivity index is 1.77. The number of carbonyl (C=O) groups excluding carboxylic acids is 2. The van der Waals surface area contributed by atoms with Crippen LogP contribution >= 0.6 is 0 Å². The van der Waals surface area contributed by atoms with Crippen LogP contribution in [0.3, 0.4) is 0 Å². The minimum atomic E-state index is -1.27. The fourth-order valence-corrected chi connectivity index (χ4v) is 4.55. The van der Waals surface area contributed by atoms with Crippen LogP contribution in [-0.4, -0.2) is 62.0 Å². The van der Waals surface area contributed by atoms with E-state index in [0.717, 1.165) is 0 Å². The molecule has 2 aromatic carbocycles. The van der Waals surface area contributed by atoms with E-state index in [9.17, 15) is 35.1 Å². The molecule has 0 radical (unpaired) electrons. The van der Waals surface area contributed by atoms with Gasteiger partial charge in [0.15, 0.2) is 17.3 Å². The molecule has 8 heteroatoms. The number of hydrogen-bond acceptors (Lipinski definition) is 8. The van der Waals surface area contributed by atoms with Gasteiger partial charge in [0.25, 0.3) is 0 Å². The van der Waals surface area contributed by atoms with Gasteiger partial charge in [-0.15, -0.1) is 0 Å². The van der Waals surface area contributed by atoms with Gasteiger partial charge < -0.3 is 30.3 Å². The van der Waals surface area contributed by atoms with Crippen molar-refractivity contribution in [3.63, 3.8) is 0 Å². The Bertz CT molecular complexity index is 1070. The minimum Gasteiger partial charge on any atom is -0.507 e. The molecule has 0 amide bonds. The van der Waals surface area contributed by atoms with Crippen molar-refractivity contribution >= 4 is 11.6 Å². The number of rotatable bonds is 3. The summed E-state index contributed by atoms with van der Waals surface area (Å²) in [5, 5.41) is 51.4. The van der Waals surface area contributed by atoms with Crippen molar-refractivity contribution in [3.05, 3.63) is 52.1 Å². The van der Waals surface area contributed by atoms with Crippen molar-refractivity contribution in [2.45, 2.75) is 38.6 Å². The van der Waals surface area contributed by atoms with Crippen LogP contribution in [-0.2, 0) is 0 Å². The second kappa shape index (κ2) is 7.64. The van der Waals surface area contributed by atoms with E-state index < -0.39 is 35.6 Å². The molecule has 0 saturated heterocycles. The van der Waals surface area contributed by atoms with Gasteiger partial charge in [-0.25, -0.2) is 0 Å². The van der Waals surface area contributed by atoms with Crippen molar-refractivity contribution < 1.29 is 39.9 Å². The number of phenolic OH excluding ortho intramolecular Hbond substituents is 2. The smallest absolute Gasteiger partial charge is 0.202 e. The molecule has 2 aliphatic carbocycles. The number of aliphatic hydroxyl groups is 3. The third-order valence-electron chi connectivity index (χ3n) is 6.48. The lowest BCUT2D eigenvalue weighted by atomic mass is 9.75. The molecule has 31 heavy (non-hydrogen) atoms. The number of aliphatic hydroxyl groups excluding tert-OH is 3. The zero-order chi connectivity index (χ0) is 22.6. The van der Waals surface area contributed by atoms with E-state index in [2.05, 4.69) is 0 Å². The summed E-state index contributed by atoms with van der Waals surface area (Å²) in [5.41, 5.74) is -0.0566. The number of benzene rings is 2. The number of carbonyl (C=O) groups is 2. The molecule has 1 fully saturated rings. The Kier molecular flexibility index (Phi) is 5.25. The number of aromatic hydroxyl groups is 2. The largest absolute Gasteiger partial charge is 0.507 e. The van der Waals surface area contributed by atoms with Crippen molar-refractivity contribution in [1.29, 1.82) is 0 Å². The van der Waals surface area contributed by atoms with E-state index >= 15 is 0 Å². The molecule has 0 heterocycles. The topological polar surface area (TPSA) is 145 Å². The van der Waals surface area contributed by atoms with Crippen LogP contribution in [0.5, 0.6) is 17.2 Å². The van der Waals surface area contributed by atoms with Crippen molar-refractivity contribution in [3.8, 4) is 17.2 Å². The summed E-state index contributed by atoms with van der Waals surface area (Å²) in [4.78, 5) is 26.0. The average Bonchev–Trinajstić information content (AvgIpc) is 2.74. The van der Waals surface area contributed by atoms with Crippen LogP contribution in [0.2, 0.25) is 0 Å². The number of aryl methyl sites for hydroxylation is 1. The maximum absolute atomic E-state index is 13.1. The first-order valence-corrected chi connectivity index (χ1v) is 10.1. The third-order valence-corrected chi connectivity index (χ3v) is 6.48. The summed E-state index contributed by atoms with van der Waals surface area (Å²) in [6.07, 6.45) is -3.12. The zero-order valence-electron chi connectivity index (χ0n) is 17.1.